The lowest BCUT2D eigenvalue weighted by Crippen LogP contribution is -2.57. The van der Waals surface area contributed by atoms with Gasteiger partial charge in [-0.15, -0.1) is 5.10 Å². The van der Waals surface area contributed by atoms with Crippen LogP contribution in [0.25, 0.3) is 4.96 Å². The second kappa shape index (κ2) is 6.42. The molecule has 1 saturated heterocycles. The Kier molecular flexibility index (Phi) is 4.63. The average molecular weight is 351 g/mol. The molecule has 24 heavy (non-hydrogen) atoms. The Morgan fingerprint density at radius 2 is 2.04 bits per heavy atom. The van der Waals surface area contributed by atoms with Crippen molar-refractivity contribution in [3.8, 4) is 0 Å². The zero-order valence-corrected chi connectivity index (χ0v) is 15.7. The minimum Gasteiger partial charge on any atom is -0.373 e. The van der Waals surface area contributed by atoms with Gasteiger partial charge >= 0.3 is 0 Å². The van der Waals surface area contributed by atoms with Gasteiger partial charge in [-0.25, -0.2) is 4.98 Å². The fraction of sp³-hybridized carbons (Fsp3) is 0.688. The highest BCUT2D eigenvalue weighted by atomic mass is 32.1. The molecule has 132 valence electrons. The van der Waals surface area contributed by atoms with Crippen LogP contribution in [0, 0.1) is 6.92 Å². The molecule has 0 spiro atoms. The quantitative estimate of drug-likeness (QED) is 0.905. The molecular formula is C16H25N5O2S. The van der Waals surface area contributed by atoms with Gasteiger partial charge in [-0.1, -0.05) is 11.3 Å². The number of anilines is 1. The molecule has 0 saturated carbocycles. The molecule has 1 N–H and O–H groups in total. The van der Waals surface area contributed by atoms with E-state index in [1.54, 1.807) is 0 Å². The van der Waals surface area contributed by atoms with Gasteiger partial charge in [0.2, 0.25) is 10.1 Å². The first-order chi connectivity index (χ1) is 11.2. The summed E-state index contributed by atoms with van der Waals surface area (Å²) in [6, 6.07) is 1.50. The van der Waals surface area contributed by atoms with Crippen molar-refractivity contribution in [3.63, 3.8) is 0 Å². The molecule has 0 aromatic carbocycles. The third-order valence-corrected chi connectivity index (χ3v) is 5.19. The highest BCUT2D eigenvalue weighted by Crippen LogP contribution is 2.23. The molecule has 2 aromatic rings. The molecule has 3 heterocycles. The third-order valence-electron chi connectivity index (χ3n) is 4.32. The van der Waals surface area contributed by atoms with Crippen LogP contribution >= 0.6 is 11.3 Å². The monoisotopic (exact) mass is 351 g/mol. The fourth-order valence-electron chi connectivity index (χ4n) is 3.07. The maximum absolute atomic E-state index is 12.0. The summed E-state index contributed by atoms with van der Waals surface area (Å²) in [5, 5.41) is 8.43. The zero-order chi connectivity index (χ0) is 17.5. The predicted molar refractivity (Wildman–Crippen MR) is 96.0 cm³/mol. The van der Waals surface area contributed by atoms with Gasteiger partial charge in [-0.3, -0.25) is 9.69 Å². The fourth-order valence-corrected chi connectivity index (χ4v) is 3.91. The summed E-state index contributed by atoms with van der Waals surface area (Å²) < 4.78 is 7.17. The molecule has 2 atom stereocenters. The Bertz CT molecular complexity index is 774. The number of aryl methyl sites for hydroxylation is 1. The van der Waals surface area contributed by atoms with Crippen LogP contribution in [-0.2, 0) is 4.74 Å². The van der Waals surface area contributed by atoms with Crippen molar-refractivity contribution in [1.29, 1.82) is 0 Å². The van der Waals surface area contributed by atoms with Crippen LogP contribution in [-0.4, -0.2) is 56.9 Å². The van der Waals surface area contributed by atoms with E-state index in [2.05, 4.69) is 48.0 Å². The number of nitrogens with zero attached hydrogens (tertiary/aromatic N) is 4. The lowest BCUT2D eigenvalue weighted by molar-refractivity contribution is -0.0933. The van der Waals surface area contributed by atoms with Gasteiger partial charge in [0.25, 0.3) is 5.56 Å². The summed E-state index contributed by atoms with van der Waals surface area (Å²) >= 11 is 1.40. The molecule has 1 aliphatic heterocycles. The Morgan fingerprint density at radius 1 is 1.38 bits per heavy atom. The molecule has 0 radical (unpaired) electrons. The highest BCUT2D eigenvalue weighted by Gasteiger charge is 2.33. The van der Waals surface area contributed by atoms with Gasteiger partial charge < -0.3 is 10.1 Å². The van der Waals surface area contributed by atoms with Crippen LogP contribution in [0.15, 0.2) is 10.9 Å². The van der Waals surface area contributed by atoms with E-state index in [0.29, 0.717) is 15.8 Å². The van der Waals surface area contributed by atoms with E-state index in [9.17, 15) is 4.79 Å². The molecule has 0 aliphatic carbocycles. The molecule has 0 bridgehead atoms. The molecule has 1 fully saturated rings. The van der Waals surface area contributed by atoms with Gasteiger partial charge in [0.1, 0.15) is 0 Å². The minimum absolute atomic E-state index is 0.0432. The van der Waals surface area contributed by atoms with Crippen LogP contribution < -0.4 is 10.9 Å². The number of aromatic nitrogens is 3. The number of rotatable bonds is 4. The van der Waals surface area contributed by atoms with Crippen LogP contribution in [0.2, 0.25) is 0 Å². The van der Waals surface area contributed by atoms with E-state index >= 15 is 0 Å². The molecule has 8 heteroatoms. The van der Waals surface area contributed by atoms with E-state index in [4.69, 9.17) is 4.74 Å². The Labute approximate surface area is 145 Å². The van der Waals surface area contributed by atoms with E-state index in [-0.39, 0.29) is 23.3 Å². The number of fused-ring (bicyclic) bond motifs is 1. The van der Waals surface area contributed by atoms with Gasteiger partial charge in [-0.05, 0) is 34.6 Å². The second-order valence-corrected chi connectivity index (χ2v) is 8.12. The topological polar surface area (TPSA) is 71.8 Å². The van der Waals surface area contributed by atoms with Gasteiger partial charge in [0.05, 0.1) is 12.2 Å². The van der Waals surface area contributed by atoms with Crippen molar-refractivity contribution in [2.24, 2.45) is 0 Å². The summed E-state index contributed by atoms with van der Waals surface area (Å²) in [5.41, 5.74) is 0.530. The maximum Gasteiger partial charge on any atom is 0.275 e. The summed E-state index contributed by atoms with van der Waals surface area (Å²) in [6.45, 7) is 13.0. The van der Waals surface area contributed by atoms with Crippen LogP contribution in [0.3, 0.4) is 0 Å². The summed E-state index contributed by atoms with van der Waals surface area (Å²) in [5.74, 6) is 0. The van der Waals surface area contributed by atoms with Gasteiger partial charge in [0, 0.05) is 36.9 Å². The number of morpholine rings is 1. The van der Waals surface area contributed by atoms with Crippen LogP contribution in [0.4, 0.5) is 5.13 Å². The summed E-state index contributed by atoms with van der Waals surface area (Å²) in [4.78, 5) is 19.4. The highest BCUT2D eigenvalue weighted by molar-refractivity contribution is 7.20. The first kappa shape index (κ1) is 17.3. The molecule has 3 rings (SSSR count). The first-order valence-corrected chi connectivity index (χ1v) is 9.08. The van der Waals surface area contributed by atoms with E-state index < -0.39 is 0 Å². The number of hydrogen-bond acceptors (Lipinski definition) is 7. The third kappa shape index (κ3) is 3.60. The second-order valence-electron chi connectivity index (χ2n) is 7.17. The molecule has 2 aromatic heterocycles. The van der Waals surface area contributed by atoms with Gasteiger partial charge in [-0.2, -0.15) is 4.52 Å². The van der Waals surface area contributed by atoms with Crippen LogP contribution in [0.1, 0.15) is 33.4 Å². The molecular weight excluding hydrogens is 326 g/mol. The lowest BCUT2D eigenvalue weighted by Gasteiger charge is -2.45. The SMILES string of the molecule is Cc1cc(=O)n2nc(NCC(C)(C)N3C[C@@H](C)O[C@@H](C)C3)sc2n1. The molecule has 7 nitrogen and oxygen atoms in total. The molecule has 1 aliphatic rings. The zero-order valence-electron chi connectivity index (χ0n) is 14.9. The largest absolute Gasteiger partial charge is 0.373 e. The minimum atomic E-state index is -0.142. The van der Waals surface area contributed by atoms with Crippen molar-refractivity contribution in [3.05, 3.63) is 22.1 Å². The Morgan fingerprint density at radius 3 is 2.71 bits per heavy atom. The van der Waals surface area contributed by atoms with Crippen molar-refractivity contribution >= 4 is 21.4 Å². The predicted octanol–water partition coefficient (Wildman–Crippen LogP) is 1.76. The van der Waals surface area contributed by atoms with Crippen molar-refractivity contribution < 1.29 is 4.74 Å². The van der Waals surface area contributed by atoms with Crippen molar-refractivity contribution in [1.82, 2.24) is 19.5 Å². The number of hydrogen-bond donors (Lipinski definition) is 1. The van der Waals surface area contributed by atoms with Crippen molar-refractivity contribution in [2.75, 3.05) is 25.0 Å². The maximum atomic E-state index is 12.0. The Hall–Kier alpha value is -1.51. The van der Waals surface area contributed by atoms with E-state index in [0.717, 1.165) is 19.6 Å². The molecule has 0 amide bonds. The van der Waals surface area contributed by atoms with E-state index in [1.165, 1.54) is 21.9 Å². The smallest absolute Gasteiger partial charge is 0.275 e. The normalized spacial score (nSPS) is 22.9. The number of nitrogens with one attached hydrogen (secondary N) is 1. The summed E-state index contributed by atoms with van der Waals surface area (Å²) in [7, 11) is 0. The van der Waals surface area contributed by atoms with Crippen molar-refractivity contribution in [2.45, 2.75) is 52.4 Å². The standard InChI is InChI=1S/C16H25N5O2S/c1-10-6-13(22)21-15(18-10)24-14(19-21)17-9-16(4,5)20-7-11(2)23-12(3)8-20/h6,11-12H,7-9H2,1-5H3,(H,17,19)/t11-,12+. The lowest BCUT2D eigenvalue weighted by atomic mass is 10.0. The number of ether oxygens (including phenoxy) is 1. The average Bonchev–Trinajstić information content (AvgIpc) is 2.87. The first-order valence-electron chi connectivity index (χ1n) is 8.26. The van der Waals surface area contributed by atoms with Gasteiger partial charge in [0.15, 0.2) is 0 Å². The van der Waals surface area contributed by atoms with E-state index in [1.807, 2.05) is 6.92 Å². The summed E-state index contributed by atoms with van der Waals surface area (Å²) in [6.07, 6.45) is 0.474. The van der Waals surface area contributed by atoms with Crippen LogP contribution in [0.5, 0.6) is 0 Å². The molecule has 0 unspecified atom stereocenters. The Balaban J connectivity index is 1.72.